The predicted molar refractivity (Wildman–Crippen MR) is 120 cm³/mol. The molecule has 0 aliphatic rings. The van der Waals surface area contributed by atoms with Gasteiger partial charge >= 0.3 is 5.97 Å². The summed E-state index contributed by atoms with van der Waals surface area (Å²) in [5.74, 6) is -3.02. The van der Waals surface area contributed by atoms with Gasteiger partial charge in [-0.1, -0.05) is 17.7 Å². The molecule has 168 valence electrons. The molecular weight excluding hydrogens is 476 g/mol. The molecule has 0 saturated carbocycles. The maximum Gasteiger partial charge on any atom is 0.359 e. The molecular formula is C22H14ClF2N3O4S. The van der Waals surface area contributed by atoms with Crippen molar-refractivity contribution in [1.29, 1.82) is 0 Å². The first kappa shape index (κ1) is 22.6. The number of rotatable bonds is 5. The second-order valence-electron chi connectivity index (χ2n) is 6.67. The highest BCUT2D eigenvalue weighted by Gasteiger charge is 2.24. The van der Waals surface area contributed by atoms with Crippen molar-refractivity contribution in [2.75, 3.05) is 11.9 Å². The standard InChI is InChI=1S/C22H14ClF2N3O4S/c1-2-32-22(31)18-13-10-33-20(26-19(29)17-14(23)4-3-5-15(17)25)16(13)21(30)28(27-18)12-8-6-11(24)7-9-12/h3-10H,2H2,1H3,(H,26,29). The number of hydrogen-bond acceptors (Lipinski definition) is 6. The van der Waals surface area contributed by atoms with Crippen LogP contribution in [0.25, 0.3) is 16.5 Å². The average molecular weight is 490 g/mol. The number of aromatic nitrogens is 2. The lowest BCUT2D eigenvalue weighted by Gasteiger charge is -2.10. The first-order chi connectivity index (χ1) is 15.8. The number of carbonyl (C=O) groups is 2. The molecule has 0 fully saturated rings. The molecule has 7 nitrogen and oxygen atoms in total. The molecule has 0 bridgehead atoms. The van der Waals surface area contributed by atoms with Crippen LogP contribution in [-0.2, 0) is 4.74 Å². The Bertz CT molecular complexity index is 1430. The van der Waals surface area contributed by atoms with E-state index >= 15 is 0 Å². The highest BCUT2D eigenvalue weighted by molar-refractivity contribution is 7.16. The third-order valence-electron chi connectivity index (χ3n) is 4.61. The fourth-order valence-electron chi connectivity index (χ4n) is 3.13. The number of carbonyl (C=O) groups excluding carboxylic acids is 2. The summed E-state index contributed by atoms with van der Waals surface area (Å²) in [5, 5.41) is 8.14. The van der Waals surface area contributed by atoms with Gasteiger partial charge in [0.1, 0.15) is 16.6 Å². The number of thiophene rings is 1. The van der Waals surface area contributed by atoms with Crippen LogP contribution in [0.4, 0.5) is 13.8 Å². The quantitative estimate of drug-likeness (QED) is 0.406. The van der Waals surface area contributed by atoms with Gasteiger partial charge in [0.2, 0.25) is 0 Å². The Labute approximate surface area is 194 Å². The van der Waals surface area contributed by atoms with E-state index in [-0.39, 0.29) is 44.3 Å². The summed E-state index contributed by atoms with van der Waals surface area (Å²) in [6.07, 6.45) is 0. The molecule has 0 unspecified atom stereocenters. The minimum absolute atomic E-state index is 0.0387. The maximum absolute atomic E-state index is 14.2. The SMILES string of the molecule is CCOC(=O)c1nn(-c2ccc(F)cc2)c(=O)c2c(NC(=O)c3c(F)cccc3Cl)scc12. The van der Waals surface area contributed by atoms with Gasteiger partial charge in [-0.2, -0.15) is 9.78 Å². The highest BCUT2D eigenvalue weighted by Crippen LogP contribution is 2.32. The van der Waals surface area contributed by atoms with Gasteiger partial charge in [-0.05, 0) is 43.3 Å². The Kier molecular flexibility index (Phi) is 6.21. The number of nitrogens with zero attached hydrogens (tertiary/aromatic N) is 2. The first-order valence-electron chi connectivity index (χ1n) is 9.54. The third kappa shape index (κ3) is 4.22. The van der Waals surface area contributed by atoms with Gasteiger partial charge in [-0.3, -0.25) is 9.59 Å². The lowest BCUT2D eigenvalue weighted by molar-refractivity contribution is 0.0520. The Morgan fingerprint density at radius 1 is 1.18 bits per heavy atom. The molecule has 1 amide bonds. The van der Waals surface area contributed by atoms with E-state index in [4.69, 9.17) is 16.3 Å². The molecule has 0 atom stereocenters. The van der Waals surface area contributed by atoms with E-state index in [2.05, 4.69) is 10.4 Å². The van der Waals surface area contributed by atoms with Crippen LogP contribution in [0, 0.1) is 11.6 Å². The van der Waals surface area contributed by atoms with Gasteiger partial charge in [-0.15, -0.1) is 11.3 Å². The fourth-order valence-corrected chi connectivity index (χ4v) is 4.31. The van der Waals surface area contributed by atoms with Gasteiger partial charge in [0.25, 0.3) is 11.5 Å². The maximum atomic E-state index is 14.2. The Hall–Kier alpha value is -3.63. The number of esters is 1. The lowest BCUT2D eigenvalue weighted by atomic mass is 10.2. The number of amides is 1. The second kappa shape index (κ2) is 9.08. The summed E-state index contributed by atoms with van der Waals surface area (Å²) in [4.78, 5) is 38.6. The van der Waals surface area contributed by atoms with Crippen molar-refractivity contribution in [2.24, 2.45) is 0 Å². The van der Waals surface area contributed by atoms with E-state index < -0.39 is 29.1 Å². The van der Waals surface area contributed by atoms with E-state index in [0.717, 1.165) is 34.2 Å². The number of benzene rings is 2. The molecule has 4 aromatic rings. The molecule has 0 spiro atoms. The zero-order valence-corrected chi connectivity index (χ0v) is 18.5. The van der Waals surface area contributed by atoms with Crippen LogP contribution in [-0.4, -0.2) is 28.3 Å². The fraction of sp³-hybridized carbons (Fsp3) is 0.0909. The van der Waals surface area contributed by atoms with Crippen molar-refractivity contribution in [2.45, 2.75) is 6.92 Å². The van der Waals surface area contributed by atoms with Crippen LogP contribution in [0.1, 0.15) is 27.8 Å². The molecule has 2 aromatic carbocycles. The zero-order valence-electron chi connectivity index (χ0n) is 16.9. The number of anilines is 1. The minimum atomic E-state index is -0.871. The molecule has 2 heterocycles. The van der Waals surface area contributed by atoms with Crippen molar-refractivity contribution in [3.05, 3.63) is 86.1 Å². The Balaban J connectivity index is 1.90. The van der Waals surface area contributed by atoms with Crippen molar-refractivity contribution >= 4 is 50.6 Å². The summed E-state index contributed by atoms with van der Waals surface area (Å²) in [6.45, 7) is 1.68. The molecule has 0 aliphatic heterocycles. The smallest absolute Gasteiger partial charge is 0.359 e. The number of ether oxygens (including phenoxy) is 1. The summed E-state index contributed by atoms with van der Waals surface area (Å²) in [5.41, 5.74) is -1.05. The largest absolute Gasteiger partial charge is 0.461 e. The second-order valence-corrected chi connectivity index (χ2v) is 7.95. The normalized spacial score (nSPS) is 10.9. The van der Waals surface area contributed by atoms with Crippen molar-refractivity contribution < 1.29 is 23.1 Å². The summed E-state index contributed by atoms with van der Waals surface area (Å²) < 4.78 is 33.5. The van der Waals surface area contributed by atoms with E-state index in [0.29, 0.717) is 0 Å². The molecule has 2 aromatic heterocycles. The molecule has 0 saturated heterocycles. The molecule has 0 aliphatic carbocycles. The van der Waals surface area contributed by atoms with Crippen molar-refractivity contribution in [1.82, 2.24) is 9.78 Å². The summed E-state index contributed by atoms with van der Waals surface area (Å²) >= 11 is 6.92. The molecule has 1 N–H and O–H groups in total. The Morgan fingerprint density at radius 3 is 2.58 bits per heavy atom. The van der Waals surface area contributed by atoms with E-state index in [9.17, 15) is 23.2 Å². The first-order valence-corrected chi connectivity index (χ1v) is 10.8. The van der Waals surface area contributed by atoms with E-state index in [1.807, 2.05) is 0 Å². The molecule has 33 heavy (non-hydrogen) atoms. The van der Waals surface area contributed by atoms with Crippen LogP contribution in [0.2, 0.25) is 5.02 Å². The highest BCUT2D eigenvalue weighted by atomic mass is 35.5. The summed E-state index contributed by atoms with van der Waals surface area (Å²) in [6, 6.07) is 8.69. The summed E-state index contributed by atoms with van der Waals surface area (Å²) in [7, 11) is 0. The number of hydrogen-bond donors (Lipinski definition) is 1. The van der Waals surface area contributed by atoms with Crippen LogP contribution in [0.15, 0.2) is 52.6 Å². The number of halogens is 3. The van der Waals surface area contributed by atoms with Gasteiger partial charge in [0.15, 0.2) is 5.69 Å². The lowest BCUT2D eigenvalue weighted by Crippen LogP contribution is -2.25. The Morgan fingerprint density at radius 2 is 1.91 bits per heavy atom. The zero-order chi connectivity index (χ0) is 23.7. The minimum Gasteiger partial charge on any atom is -0.461 e. The van der Waals surface area contributed by atoms with Crippen LogP contribution in [0.3, 0.4) is 0 Å². The molecule has 0 radical (unpaired) electrons. The van der Waals surface area contributed by atoms with Crippen molar-refractivity contribution in [3.63, 3.8) is 0 Å². The van der Waals surface area contributed by atoms with E-state index in [1.54, 1.807) is 6.92 Å². The van der Waals surface area contributed by atoms with E-state index in [1.165, 1.54) is 29.6 Å². The number of fused-ring (bicyclic) bond motifs is 1. The predicted octanol–water partition coefficient (Wildman–Crippen LogP) is 4.81. The molecule has 4 rings (SSSR count). The topological polar surface area (TPSA) is 90.3 Å². The van der Waals surface area contributed by atoms with Crippen LogP contribution >= 0.6 is 22.9 Å². The molecule has 11 heteroatoms. The number of nitrogens with one attached hydrogen (secondary N) is 1. The van der Waals surface area contributed by atoms with Gasteiger partial charge < -0.3 is 10.1 Å². The van der Waals surface area contributed by atoms with Crippen LogP contribution in [0.5, 0.6) is 0 Å². The van der Waals surface area contributed by atoms with Gasteiger partial charge in [0, 0.05) is 10.8 Å². The van der Waals surface area contributed by atoms with Crippen LogP contribution < -0.4 is 10.9 Å². The van der Waals surface area contributed by atoms with Gasteiger partial charge in [-0.25, -0.2) is 13.6 Å². The average Bonchev–Trinajstić information content (AvgIpc) is 3.19. The van der Waals surface area contributed by atoms with Crippen molar-refractivity contribution in [3.8, 4) is 5.69 Å². The van der Waals surface area contributed by atoms with Gasteiger partial charge in [0.05, 0.1) is 28.3 Å². The monoisotopic (exact) mass is 489 g/mol. The third-order valence-corrected chi connectivity index (χ3v) is 5.82.